The molecule has 0 bridgehead atoms. The molecule has 1 nitrogen and oxygen atoms in total. The second-order valence-electron chi connectivity index (χ2n) is 6.71. The minimum Gasteiger partial charge on any atom is -0.317 e. The molecular formula is C17H33N. The predicted octanol–water partition coefficient (Wildman–Crippen LogP) is 4.76. The summed E-state index contributed by atoms with van der Waals surface area (Å²) in [5.41, 5.74) is 0. The van der Waals surface area contributed by atoms with Crippen LogP contribution in [-0.4, -0.2) is 13.1 Å². The van der Waals surface area contributed by atoms with Crippen LogP contribution in [0.2, 0.25) is 0 Å². The summed E-state index contributed by atoms with van der Waals surface area (Å²) >= 11 is 0. The average Bonchev–Trinajstić information content (AvgIpc) is 2.63. The molecule has 0 aromatic rings. The Hall–Kier alpha value is -0.0400. The highest BCUT2D eigenvalue weighted by Crippen LogP contribution is 2.37. The van der Waals surface area contributed by atoms with Gasteiger partial charge in [0.15, 0.2) is 0 Å². The van der Waals surface area contributed by atoms with Gasteiger partial charge in [0.2, 0.25) is 0 Å². The van der Waals surface area contributed by atoms with Crippen molar-refractivity contribution in [3.8, 4) is 0 Å². The minimum atomic E-state index is 0.981. The molecule has 2 aliphatic carbocycles. The maximum absolute atomic E-state index is 3.61. The van der Waals surface area contributed by atoms with E-state index in [-0.39, 0.29) is 0 Å². The van der Waals surface area contributed by atoms with Gasteiger partial charge in [-0.05, 0) is 43.7 Å². The standard InChI is InChI=1S/C17H33N/c1-2-18-14-17-12-8-4-7-11-16(17)13-15-9-5-3-6-10-15/h15-18H,2-14H2,1H3. The molecule has 18 heavy (non-hydrogen) atoms. The molecule has 0 amide bonds. The Morgan fingerprint density at radius 3 is 2.06 bits per heavy atom. The molecule has 0 radical (unpaired) electrons. The molecule has 2 atom stereocenters. The highest BCUT2D eigenvalue weighted by atomic mass is 14.8. The monoisotopic (exact) mass is 251 g/mol. The van der Waals surface area contributed by atoms with Gasteiger partial charge in [0, 0.05) is 0 Å². The Morgan fingerprint density at radius 2 is 1.39 bits per heavy atom. The lowest BCUT2D eigenvalue weighted by Gasteiger charge is -2.31. The van der Waals surface area contributed by atoms with Gasteiger partial charge in [0.25, 0.3) is 0 Å². The van der Waals surface area contributed by atoms with Gasteiger partial charge < -0.3 is 5.32 Å². The molecule has 2 fully saturated rings. The van der Waals surface area contributed by atoms with Crippen LogP contribution in [0.1, 0.15) is 77.6 Å². The Morgan fingerprint density at radius 1 is 0.778 bits per heavy atom. The van der Waals surface area contributed by atoms with Gasteiger partial charge in [-0.3, -0.25) is 0 Å². The second-order valence-corrected chi connectivity index (χ2v) is 6.71. The fraction of sp³-hybridized carbons (Fsp3) is 1.00. The number of hydrogen-bond acceptors (Lipinski definition) is 1. The fourth-order valence-electron chi connectivity index (χ4n) is 4.22. The minimum absolute atomic E-state index is 0.981. The molecule has 0 spiro atoms. The van der Waals surface area contributed by atoms with Gasteiger partial charge in [-0.1, -0.05) is 64.7 Å². The Labute approximate surface area is 114 Å². The third kappa shape index (κ3) is 4.57. The summed E-state index contributed by atoms with van der Waals surface area (Å²) in [6.45, 7) is 4.67. The summed E-state index contributed by atoms with van der Waals surface area (Å²) in [7, 11) is 0. The summed E-state index contributed by atoms with van der Waals surface area (Å²) in [5.74, 6) is 3.09. The smallest absolute Gasteiger partial charge is 0.00180 e. The summed E-state index contributed by atoms with van der Waals surface area (Å²) in [5, 5.41) is 3.61. The lowest BCUT2D eigenvalue weighted by Crippen LogP contribution is -2.29. The molecular weight excluding hydrogens is 218 g/mol. The maximum atomic E-state index is 3.61. The quantitative estimate of drug-likeness (QED) is 0.694. The van der Waals surface area contributed by atoms with Gasteiger partial charge in [0.05, 0.1) is 0 Å². The highest BCUT2D eigenvalue weighted by molar-refractivity contribution is 4.79. The first-order chi connectivity index (χ1) is 8.90. The first kappa shape index (κ1) is 14.4. The second kappa shape index (κ2) is 8.19. The third-order valence-electron chi connectivity index (χ3n) is 5.33. The van der Waals surface area contributed by atoms with E-state index in [0.29, 0.717) is 0 Å². The largest absolute Gasteiger partial charge is 0.317 e. The van der Waals surface area contributed by atoms with Crippen LogP contribution in [-0.2, 0) is 0 Å². The lowest BCUT2D eigenvalue weighted by molar-refractivity contribution is 0.215. The zero-order valence-corrected chi connectivity index (χ0v) is 12.4. The van der Waals surface area contributed by atoms with Crippen LogP contribution < -0.4 is 5.32 Å². The van der Waals surface area contributed by atoms with E-state index in [4.69, 9.17) is 0 Å². The Balaban J connectivity index is 1.83. The topological polar surface area (TPSA) is 12.0 Å². The van der Waals surface area contributed by atoms with Crippen LogP contribution in [0.25, 0.3) is 0 Å². The van der Waals surface area contributed by atoms with Crippen molar-refractivity contribution < 1.29 is 0 Å². The average molecular weight is 251 g/mol. The SMILES string of the molecule is CCNCC1CCCCCC1CC1CCCCC1. The first-order valence-corrected chi connectivity index (χ1v) is 8.61. The summed E-state index contributed by atoms with van der Waals surface area (Å²) in [4.78, 5) is 0. The molecule has 2 rings (SSSR count). The molecule has 0 aromatic heterocycles. The molecule has 106 valence electrons. The Kier molecular flexibility index (Phi) is 6.54. The highest BCUT2D eigenvalue weighted by Gasteiger charge is 2.26. The van der Waals surface area contributed by atoms with E-state index in [0.717, 1.165) is 24.3 Å². The van der Waals surface area contributed by atoms with Crippen molar-refractivity contribution in [1.82, 2.24) is 5.32 Å². The van der Waals surface area contributed by atoms with E-state index in [1.54, 1.807) is 6.42 Å². The number of rotatable bonds is 5. The van der Waals surface area contributed by atoms with E-state index >= 15 is 0 Å². The van der Waals surface area contributed by atoms with Crippen LogP contribution >= 0.6 is 0 Å². The van der Waals surface area contributed by atoms with Crippen LogP contribution in [0.4, 0.5) is 0 Å². The first-order valence-electron chi connectivity index (χ1n) is 8.61. The van der Waals surface area contributed by atoms with E-state index in [1.165, 1.54) is 70.8 Å². The van der Waals surface area contributed by atoms with Gasteiger partial charge in [0.1, 0.15) is 0 Å². The predicted molar refractivity (Wildman–Crippen MR) is 79.8 cm³/mol. The maximum Gasteiger partial charge on any atom is -0.00180 e. The fourth-order valence-corrected chi connectivity index (χ4v) is 4.22. The summed E-state index contributed by atoms with van der Waals surface area (Å²) < 4.78 is 0. The van der Waals surface area contributed by atoms with Gasteiger partial charge in [-0.15, -0.1) is 0 Å². The van der Waals surface area contributed by atoms with Crippen molar-refractivity contribution in [2.24, 2.45) is 17.8 Å². The van der Waals surface area contributed by atoms with Crippen molar-refractivity contribution in [3.63, 3.8) is 0 Å². The molecule has 0 saturated heterocycles. The zero-order valence-electron chi connectivity index (χ0n) is 12.4. The van der Waals surface area contributed by atoms with Crippen LogP contribution in [0.5, 0.6) is 0 Å². The van der Waals surface area contributed by atoms with Crippen molar-refractivity contribution in [2.75, 3.05) is 13.1 Å². The van der Waals surface area contributed by atoms with E-state index in [9.17, 15) is 0 Å². The molecule has 0 heterocycles. The third-order valence-corrected chi connectivity index (χ3v) is 5.33. The van der Waals surface area contributed by atoms with Gasteiger partial charge >= 0.3 is 0 Å². The molecule has 1 N–H and O–H groups in total. The van der Waals surface area contributed by atoms with E-state index in [1.807, 2.05) is 0 Å². The molecule has 2 saturated carbocycles. The van der Waals surface area contributed by atoms with Crippen molar-refractivity contribution in [2.45, 2.75) is 77.6 Å². The van der Waals surface area contributed by atoms with E-state index < -0.39 is 0 Å². The molecule has 2 unspecified atom stereocenters. The van der Waals surface area contributed by atoms with Crippen LogP contribution in [0, 0.1) is 17.8 Å². The van der Waals surface area contributed by atoms with Crippen molar-refractivity contribution in [1.29, 1.82) is 0 Å². The van der Waals surface area contributed by atoms with E-state index in [2.05, 4.69) is 12.2 Å². The lowest BCUT2D eigenvalue weighted by atomic mass is 9.76. The van der Waals surface area contributed by atoms with Crippen LogP contribution in [0.3, 0.4) is 0 Å². The van der Waals surface area contributed by atoms with Crippen molar-refractivity contribution in [3.05, 3.63) is 0 Å². The molecule has 1 heteroatoms. The van der Waals surface area contributed by atoms with Crippen molar-refractivity contribution >= 4 is 0 Å². The molecule has 0 aliphatic heterocycles. The summed E-state index contributed by atoms with van der Waals surface area (Å²) in [6, 6.07) is 0. The van der Waals surface area contributed by atoms with Crippen LogP contribution in [0.15, 0.2) is 0 Å². The normalized spacial score (nSPS) is 31.2. The van der Waals surface area contributed by atoms with Gasteiger partial charge in [-0.25, -0.2) is 0 Å². The number of hydrogen-bond donors (Lipinski definition) is 1. The summed E-state index contributed by atoms with van der Waals surface area (Å²) in [6.07, 6.45) is 16.6. The Bertz CT molecular complexity index is 208. The molecule has 0 aromatic carbocycles. The number of nitrogens with one attached hydrogen (secondary N) is 1. The van der Waals surface area contributed by atoms with Gasteiger partial charge in [-0.2, -0.15) is 0 Å². The molecule has 2 aliphatic rings. The zero-order chi connectivity index (χ0) is 12.6.